The summed E-state index contributed by atoms with van der Waals surface area (Å²) in [4.78, 5) is 2.56. The number of benzene rings is 1. The largest absolute Gasteiger partial charge is 0.314 e. The van der Waals surface area contributed by atoms with Gasteiger partial charge >= 0.3 is 0 Å². The number of piperazine rings is 1. The first-order chi connectivity index (χ1) is 8.43. The molecule has 0 spiro atoms. The maximum atomic E-state index is 3.40. The lowest BCUT2D eigenvalue weighted by Gasteiger charge is -2.26. The van der Waals surface area contributed by atoms with E-state index in [1.54, 1.807) is 0 Å². The Hall–Kier alpha value is -0.900. The predicted octanol–water partition coefficient (Wildman–Crippen LogP) is 2.35. The Kier molecular flexibility index (Phi) is 3.41. The molecule has 1 aliphatic rings. The Labute approximate surface area is 106 Å². The summed E-state index contributed by atoms with van der Waals surface area (Å²) in [7, 11) is 0. The molecule has 2 nitrogen and oxygen atoms in total. The molecular formula is C14H18N2S. The van der Waals surface area contributed by atoms with Gasteiger partial charge in [-0.05, 0) is 28.8 Å². The number of hydrogen-bond donors (Lipinski definition) is 1. The highest BCUT2D eigenvalue weighted by atomic mass is 32.1. The summed E-state index contributed by atoms with van der Waals surface area (Å²) < 4.78 is 1.42. The van der Waals surface area contributed by atoms with Gasteiger partial charge in [-0.15, -0.1) is 11.3 Å². The molecule has 1 aliphatic heterocycles. The van der Waals surface area contributed by atoms with E-state index in [0.717, 1.165) is 13.1 Å². The average Bonchev–Trinajstić information content (AvgIpc) is 2.81. The molecule has 3 rings (SSSR count). The van der Waals surface area contributed by atoms with Gasteiger partial charge in [0.1, 0.15) is 0 Å². The molecule has 1 aromatic heterocycles. The van der Waals surface area contributed by atoms with Crippen LogP contribution in [-0.2, 0) is 6.42 Å². The van der Waals surface area contributed by atoms with Crippen molar-refractivity contribution in [2.45, 2.75) is 6.42 Å². The van der Waals surface area contributed by atoms with Crippen LogP contribution in [0, 0.1) is 0 Å². The number of hydrogen-bond acceptors (Lipinski definition) is 3. The molecule has 17 heavy (non-hydrogen) atoms. The standard InChI is InChI=1S/C14H18N2S/c1-2-4-14-13(3-1)12(11-17-14)5-8-16-9-6-15-7-10-16/h1-4,11,15H,5-10H2. The van der Waals surface area contributed by atoms with Crippen molar-refractivity contribution >= 4 is 21.4 Å². The van der Waals surface area contributed by atoms with E-state index in [9.17, 15) is 0 Å². The van der Waals surface area contributed by atoms with E-state index in [0.29, 0.717) is 0 Å². The zero-order valence-electron chi connectivity index (χ0n) is 9.98. The monoisotopic (exact) mass is 246 g/mol. The predicted molar refractivity (Wildman–Crippen MR) is 74.8 cm³/mol. The van der Waals surface area contributed by atoms with E-state index < -0.39 is 0 Å². The lowest BCUT2D eigenvalue weighted by atomic mass is 10.1. The zero-order chi connectivity index (χ0) is 11.5. The van der Waals surface area contributed by atoms with Gasteiger partial charge in [0.05, 0.1) is 0 Å². The normalized spacial score (nSPS) is 17.6. The quantitative estimate of drug-likeness (QED) is 0.894. The van der Waals surface area contributed by atoms with Crippen molar-refractivity contribution < 1.29 is 0 Å². The Morgan fingerprint density at radius 2 is 2.00 bits per heavy atom. The molecule has 3 heteroatoms. The number of nitrogens with one attached hydrogen (secondary N) is 1. The maximum Gasteiger partial charge on any atom is 0.0345 e. The molecule has 1 fully saturated rings. The van der Waals surface area contributed by atoms with Crippen LogP contribution in [0.1, 0.15) is 5.56 Å². The second kappa shape index (κ2) is 5.17. The van der Waals surface area contributed by atoms with Crippen molar-refractivity contribution in [3.8, 4) is 0 Å². The number of nitrogens with zero attached hydrogens (tertiary/aromatic N) is 1. The van der Waals surface area contributed by atoms with Gasteiger partial charge in [0.25, 0.3) is 0 Å². The van der Waals surface area contributed by atoms with Gasteiger partial charge in [-0.25, -0.2) is 0 Å². The first-order valence-electron chi connectivity index (χ1n) is 6.32. The van der Waals surface area contributed by atoms with Crippen LogP contribution in [0.25, 0.3) is 10.1 Å². The Morgan fingerprint density at radius 3 is 2.88 bits per heavy atom. The van der Waals surface area contributed by atoms with Crippen molar-refractivity contribution in [1.29, 1.82) is 0 Å². The Bertz CT molecular complexity index is 486. The summed E-state index contributed by atoms with van der Waals surface area (Å²) in [5.74, 6) is 0. The summed E-state index contributed by atoms with van der Waals surface area (Å²) in [6, 6.07) is 8.73. The minimum absolute atomic E-state index is 1.14. The average molecular weight is 246 g/mol. The van der Waals surface area contributed by atoms with Crippen molar-refractivity contribution in [1.82, 2.24) is 10.2 Å². The third-order valence-corrected chi connectivity index (χ3v) is 4.48. The minimum Gasteiger partial charge on any atom is -0.314 e. The molecular weight excluding hydrogens is 228 g/mol. The summed E-state index contributed by atoms with van der Waals surface area (Å²) in [5, 5.41) is 7.18. The van der Waals surface area contributed by atoms with Crippen LogP contribution in [0.4, 0.5) is 0 Å². The molecule has 0 atom stereocenters. The van der Waals surface area contributed by atoms with Crippen LogP contribution >= 0.6 is 11.3 Å². The highest BCUT2D eigenvalue weighted by molar-refractivity contribution is 7.17. The van der Waals surface area contributed by atoms with Crippen molar-refractivity contribution in [3.05, 3.63) is 35.2 Å². The highest BCUT2D eigenvalue weighted by Gasteiger charge is 2.10. The first-order valence-corrected chi connectivity index (χ1v) is 7.19. The molecule has 0 saturated carbocycles. The van der Waals surface area contributed by atoms with E-state index >= 15 is 0 Å². The third kappa shape index (κ3) is 2.51. The van der Waals surface area contributed by atoms with Gasteiger partial charge in [-0.3, -0.25) is 0 Å². The molecule has 1 saturated heterocycles. The van der Waals surface area contributed by atoms with E-state index in [1.165, 1.54) is 41.7 Å². The molecule has 2 aromatic rings. The fourth-order valence-electron chi connectivity index (χ4n) is 2.44. The summed E-state index contributed by atoms with van der Waals surface area (Å²) in [5.41, 5.74) is 1.52. The van der Waals surface area contributed by atoms with Gasteiger partial charge in [0.15, 0.2) is 0 Å². The van der Waals surface area contributed by atoms with Crippen molar-refractivity contribution in [3.63, 3.8) is 0 Å². The lowest BCUT2D eigenvalue weighted by Crippen LogP contribution is -2.44. The minimum atomic E-state index is 1.14. The van der Waals surface area contributed by atoms with Crippen LogP contribution in [0.3, 0.4) is 0 Å². The van der Waals surface area contributed by atoms with Crippen LogP contribution in [0.15, 0.2) is 29.6 Å². The fourth-order valence-corrected chi connectivity index (χ4v) is 3.44. The van der Waals surface area contributed by atoms with Crippen molar-refractivity contribution in [2.24, 2.45) is 0 Å². The SMILES string of the molecule is c1ccc2c(CCN3CCNCC3)csc2c1. The number of thiophene rings is 1. The van der Waals surface area contributed by atoms with Crippen LogP contribution < -0.4 is 5.32 Å². The van der Waals surface area contributed by atoms with Gasteiger partial charge < -0.3 is 10.2 Å². The van der Waals surface area contributed by atoms with Gasteiger partial charge in [-0.2, -0.15) is 0 Å². The molecule has 0 amide bonds. The number of rotatable bonds is 3. The van der Waals surface area contributed by atoms with E-state index in [2.05, 4.69) is 39.9 Å². The zero-order valence-corrected chi connectivity index (χ0v) is 10.8. The highest BCUT2D eigenvalue weighted by Crippen LogP contribution is 2.25. The van der Waals surface area contributed by atoms with Gasteiger partial charge in [0.2, 0.25) is 0 Å². The summed E-state index contributed by atoms with van der Waals surface area (Å²) in [6.45, 7) is 5.88. The Balaban J connectivity index is 1.68. The molecule has 0 radical (unpaired) electrons. The van der Waals surface area contributed by atoms with Crippen LogP contribution in [-0.4, -0.2) is 37.6 Å². The topological polar surface area (TPSA) is 15.3 Å². The molecule has 0 bridgehead atoms. The number of fused-ring (bicyclic) bond motifs is 1. The van der Waals surface area contributed by atoms with Crippen molar-refractivity contribution in [2.75, 3.05) is 32.7 Å². The third-order valence-electron chi connectivity index (χ3n) is 3.47. The summed E-state index contributed by atoms with van der Waals surface area (Å²) >= 11 is 1.87. The lowest BCUT2D eigenvalue weighted by molar-refractivity contribution is 0.244. The maximum absolute atomic E-state index is 3.40. The van der Waals surface area contributed by atoms with Crippen LogP contribution in [0.2, 0.25) is 0 Å². The smallest absolute Gasteiger partial charge is 0.0345 e. The fraction of sp³-hybridized carbons (Fsp3) is 0.429. The van der Waals surface area contributed by atoms with E-state index in [4.69, 9.17) is 0 Å². The second-order valence-corrected chi connectivity index (χ2v) is 5.51. The second-order valence-electron chi connectivity index (χ2n) is 4.60. The molecule has 1 aromatic carbocycles. The van der Waals surface area contributed by atoms with Crippen LogP contribution in [0.5, 0.6) is 0 Å². The molecule has 0 unspecified atom stereocenters. The Morgan fingerprint density at radius 1 is 1.18 bits per heavy atom. The molecule has 1 N–H and O–H groups in total. The summed E-state index contributed by atoms with van der Waals surface area (Å²) in [6.07, 6.45) is 1.18. The molecule has 2 heterocycles. The van der Waals surface area contributed by atoms with E-state index in [1.807, 2.05) is 11.3 Å². The van der Waals surface area contributed by atoms with Gasteiger partial charge in [0, 0.05) is 37.4 Å². The molecule has 90 valence electrons. The molecule has 0 aliphatic carbocycles. The van der Waals surface area contributed by atoms with E-state index in [-0.39, 0.29) is 0 Å². The van der Waals surface area contributed by atoms with Gasteiger partial charge in [-0.1, -0.05) is 18.2 Å². The first kappa shape index (κ1) is 11.2.